The van der Waals surface area contributed by atoms with Crippen molar-refractivity contribution >= 4 is 17.3 Å². The third-order valence-electron chi connectivity index (χ3n) is 6.61. The van der Waals surface area contributed by atoms with Crippen LogP contribution in [0.1, 0.15) is 35.7 Å². The van der Waals surface area contributed by atoms with E-state index >= 15 is 0 Å². The summed E-state index contributed by atoms with van der Waals surface area (Å²) in [5.41, 5.74) is 4.85. The SMILES string of the molecule is COc1ccc(Sc2cc(-c3cnn(C4CCN(C)CC4)c3C)cn3ncc(C#N)c23)c(C#N)c1. The van der Waals surface area contributed by atoms with E-state index in [1.54, 1.807) is 23.9 Å². The molecular weight excluding hydrogens is 458 g/mol. The number of piperidine rings is 1. The highest BCUT2D eigenvalue weighted by Crippen LogP contribution is 2.39. The molecule has 4 heterocycles. The summed E-state index contributed by atoms with van der Waals surface area (Å²) in [5.74, 6) is 0.629. The Kier molecular flexibility index (Phi) is 6.21. The lowest BCUT2D eigenvalue weighted by Crippen LogP contribution is -2.32. The molecule has 0 bridgehead atoms. The van der Waals surface area contributed by atoms with Crippen LogP contribution in [0.15, 0.2) is 52.6 Å². The maximum atomic E-state index is 9.70. The minimum absolute atomic E-state index is 0.393. The van der Waals surface area contributed by atoms with Crippen molar-refractivity contribution in [3.63, 3.8) is 0 Å². The Morgan fingerprint density at radius 3 is 2.51 bits per heavy atom. The number of rotatable bonds is 5. The fourth-order valence-corrected chi connectivity index (χ4v) is 5.71. The number of hydrogen-bond donors (Lipinski definition) is 0. The largest absolute Gasteiger partial charge is 0.497 e. The third-order valence-corrected chi connectivity index (χ3v) is 7.72. The Labute approximate surface area is 208 Å². The zero-order chi connectivity index (χ0) is 24.5. The topological polar surface area (TPSA) is 95.2 Å². The molecule has 0 aliphatic carbocycles. The molecule has 1 fully saturated rings. The lowest BCUT2D eigenvalue weighted by Gasteiger charge is -2.29. The normalized spacial score (nSPS) is 14.7. The molecule has 8 nitrogen and oxygen atoms in total. The van der Waals surface area contributed by atoms with Gasteiger partial charge < -0.3 is 9.64 Å². The van der Waals surface area contributed by atoms with Crippen molar-refractivity contribution in [2.45, 2.75) is 35.6 Å². The van der Waals surface area contributed by atoms with Crippen molar-refractivity contribution in [3.05, 3.63) is 59.7 Å². The van der Waals surface area contributed by atoms with Gasteiger partial charge >= 0.3 is 0 Å². The number of aromatic nitrogens is 4. The maximum absolute atomic E-state index is 9.70. The van der Waals surface area contributed by atoms with Crippen LogP contribution in [0.2, 0.25) is 0 Å². The average molecular weight is 484 g/mol. The molecule has 0 N–H and O–H groups in total. The molecule has 35 heavy (non-hydrogen) atoms. The van der Waals surface area contributed by atoms with Gasteiger partial charge in [0.25, 0.3) is 0 Å². The van der Waals surface area contributed by atoms with E-state index in [4.69, 9.17) is 9.84 Å². The molecule has 4 aromatic rings. The number of benzene rings is 1. The van der Waals surface area contributed by atoms with Gasteiger partial charge in [-0.15, -0.1) is 0 Å². The fourth-order valence-electron chi connectivity index (χ4n) is 4.64. The maximum Gasteiger partial charge on any atom is 0.120 e. The quantitative estimate of drug-likeness (QED) is 0.407. The highest BCUT2D eigenvalue weighted by molar-refractivity contribution is 7.99. The molecule has 1 aliphatic heterocycles. The molecule has 1 saturated heterocycles. The van der Waals surface area contributed by atoms with Gasteiger partial charge in [0, 0.05) is 32.8 Å². The summed E-state index contributed by atoms with van der Waals surface area (Å²) >= 11 is 1.45. The summed E-state index contributed by atoms with van der Waals surface area (Å²) in [5, 5.41) is 28.6. The number of fused-ring (bicyclic) bond motifs is 1. The molecule has 9 heteroatoms. The van der Waals surface area contributed by atoms with Gasteiger partial charge in [0.1, 0.15) is 17.9 Å². The first-order valence-corrected chi connectivity index (χ1v) is 12.2. The van der Waals surface area contributed by atoms with Gasteiger partial charge in [-0.05, 0) is 64.2 Å². The zero-order valence-corrected chi connectivity index (χ0v) is 20.7. The molecule has 3 aromatic heterocycles. The Bertz CT molecular complexity index is 1480. The van der Waals surface area contributed by atoms with Crippen molar-refractivity contribution in [1.29, 1.82) is 10.5 Å². The van der Waals surface area contributed by atoms with Crippen LogP contribution >= 0.6 is 11.8 Å². The molecule has 0 atom stereocenters. The minimum atomic E-state index is 0.393. The van der Waals surface area contributed by atoms with Gasteiger partial charge in [0.2, 0.25) is 0 Å². The number of nitrogens with zero attached hydrogens (tertiary/aromatic N) is 7. The van der Waals surface area contributed by atoms with E-state index in [-0.39, 0.29) is 0 Å². The molecule has 176 valence electrons. The average Bonchev–Trinajstić information content (AvgIpc) is 3.48. The van der Waals surface area contributed by atoms with Gasteiger partial charge in [0.15, 0.2) is 0 Å². The molecule has 0 saturated carbocycles. The first-order chi connectivity index (χ1) is 17.0. The number of ether oxygens (including phenoxy) is 1. The summed E-state index contributed by atoms with van der Waals surface area (Å²) in [6, 6.07) is 12.4. The highest BCUT2D eigenvalue weighted by atomic mass is 32.2. The first kappa shape index (κ1) is 23.0. The van der Waals surface area contributed by atoms with Gasteiger partial charge in [-0.3, -0.25) is 4.68 Å². The minimum Gasteiger partial charge on any atom is -0.497 e. The molecule has 1 aromatic carbocycles. The van der Waals surface area contributed by atoms with E-state index in [0.717, 1.165) is 58.1 Å². The smallest absolute Gasteiger partial charge is 0.120 e. The fraction of sp³-hybridized carbons (Fsp3) is 0.308. The van der Waals surface area contributed by atoms with Gasteiger partial charge in [-0.1, -0.05) is 11.8 Å². The molecule has 0 radical (unpaired) electrons. The summed E-state index contributed by atoms with van der Waals surface area (Å²) in [6.07, 6.45) is 7.61. The second-order valence-corrected chi connectivity index (χ2v) is 9.84. The van der Waals surface area contributed by atoms with Crippen molar-refractivity contribution in [2.24, 2.45) is 0 Å². The predicted molar refractivity (Wildman–Crippen MR) is 133 cm³/mol. The highest BCUT2D eigenvalue weighted by Gasteiger charge is 2.23. The summed E-state index contributed by atoms with van der Waals surface area (Å²) in [4.78, 5) is 3.99. The Hall–Kier alpha value is -3.79. The predicted octanol–water partition coefficient (Wildman–Crippen LogP) is 4.68. The van der Waals surface area contributed by atoms with Crippen LogP contribution < -0.4 is 4.74 Å². The Balaban J connectivity index is 1.59. The third kappa shape index (κ3) is 4.25. The van der Waals surface area contributed by atoms with Crippen LogP contribution in [-0.4, -0.2) is 51.5 Å². The lowest BCUT2D eigenvalue weighted by atomic mass is 10.0. The van der Waals surface area contributed by atoms with E-state index in [2.05, 4.69) is 46.9 Å². The summed E-state index contributed by atoms with van der Waals surface area (Å²) < 4.78 is 9.18. The summed E-state index contributed by atoms with van der Waals surface area (Å²) in [7, 11) is 3.74. The standard InChI is InChI=1S/C26H25N7OS/c1-17-23(15-30-33(17)21-6-8-31(2)9-7-21)19-11-25(26-20(13-28)14-29-32(26)16-19)35-24-5-4-22(34-3)10-18(24)12-27/h4-5,10-11,14-16,21H,6-9H2,1-3H3. The molecule has 5 rings (SSSR count). The molecule has 1 aliphatic rings. The van der Waals surface area contributed by atoms with Gasteiger partial charge in [0.05, 0.1) is 42.2 Å². The van der Waals surface area contributed by atoms with Crippen LogP contribution in [0.4, 0.5) is 0 Å². The molecule has 0 amide bonds. The van der Waals surface area contributed by atoms with E-state index in [1.165, 1.54) is 11.8 Å². The molecule has 0 spiro atoms. The summed E-state index contributed by atoms with van der Waals surface area (Å²) in [6.45, 7) is 4.25. The molecular formula is C26H25N7OS. The van der Waals surface area contributed by atoms with Crippen LogP contribution in [-0.2, 0) is 0 Å². The lowest BCUT2D eigenvalue weighted by molar-refractivity contribution is 0.210. The van der Waals surface area contributed by atoms with Crippen LogP contribution in [0.25, 0.3) is 16.6 Å². The van der Waals surface area contributed by atoms with Gasteiger partial charge in [-0.25, -0.2) is 4.52 Å². The van der Waals surface area contributed by atoms with E-state index < -0.39 is 0 Å². The van der Waals surface area contributed by atoms with Crippen molar-refractivity contribution in [2.75, 3.05) is 27.2 Å². The number of pyridine rings is 1. The Morgan fingerprint density at radius 1 is 1.03 bits per heavy atom. The first-order valence-electron chi connectivity index (χ1n) is 11.4. The second kappa shape index (κ2) is 9.46. The zero-order valence-electron chi connectivity index (χ0n) is 19.9. The van der Waals surface area contributed by atoms with Crippen LogP contribution in [0.3, 0.4) is 0 Å². The van der Waals surface area contributed by atoms with Crippen molar-refractivity contribution in [3.8, 4) is 29.0 Å². The molecule has 0 unspecified atom stereocenters. The van der Waals surface area contributed by atoms with E-state index in [1.807, 2.05) is 24.5 Å². The number of nitriles is 2. The second-order valence-electron chi connectivity index (χ2n) is 8.75. The number of methoxy groups -OCH3 is 1. The van der Waals surface area contributed by atoms with E-state index in [9.17, 15) is 10.5 Å². The van der Waals surface area contributed by atoms with Crippen molar-refractivity contribution in [1.82, 2.24) is 24.3 Å². The number of hydrogen-bond acceptors (Lipinski definition) is 7. The van der Waals surface area contributed by atoms with Gasteiger partial charge in [-0.2, -0.15) is 20.7 Å². The van der Waals surface area contributed by atoms with Crippen molar-refractivity contribution < 1.29 is 4.74 Å². The van der Waals surface area contributed by atoms with E-state index in [0.29, 0.717) is 22.9 Å². The van der Waals surface area contributed by atoms with Crippen LogP contribution in [0.5, 0.6) is 5.75 Å². The number of likely N-dealkylation sites (tertiary alicyclic amines) is 1. The van der Waals surface area contributed by atoms with Crippen LogP contribution in [0, 0.1) is 29.6 Å². The monoisotopic (exact) mass is 483 g/mol. The Morgan fingerprint density at radius 2 is 1.80 bits per heavy atom.